The van der Waals surface area contributed by atoms with Crippen molar-refractivity contribution < 1.29 is 4.79 Å². The zero-order valence-electron chi connectivity index (χ0n) is 18.8. The average molecular weight is 450 g/mol. The van der Waals surface area contributed by atoms with Crippen LogP contribution in [0.25, 0.3) is 27.8 Å². The summed E-state index contributed by atoms with van der Waals surface area (Å²) in [5.41, 5.74) is 6.42. The summed E-state index contributed by atoms with van der Waals surface area (Å²) in [7, 11) is 1.89. The molecule has 1 amide bonds. The largest absolute Gasteiger partial charge is 0.365 e. The van der Waals surface area contributed by atoms with Crippen LogP contribution >= 0.6 is 0 Å². The zero-order chi connectivity index (χ0) is 23.4. The van der Waals surface area contributed by atoms with Crippen LogP contribution in [0.2, 0.25) is 0 Å². The maximum Gasteiger partial charge on any atom is 0.246 e. The van der Waals surface area contributed by atoms with E-state index in [1.165, 1.54) is 6.08 Å². The molecular weight excluding hydrogens is 426 g/mol. The molecule has 5 heterocycles. The van der Waals surface area contributed by atoms with E-state index in [1.807, 2.05) is 30.5 Å². The highest BCUT2D eigenvalue weighted by Crippen LogP contribution is 2.37. The molecule has 0 saturated carbocycles. The Bertz CT molecular complexity index is 1470. The van der Waals surface area contributed by atoms with Gasteiger partial charge in [0.1, 0.15) is 6.07 Å². The van der Waals surface area contributed by atoms with Gasteiger partial charge in [0.2, 0.25) is 5.91 Å². The smallest absolute Gasteiger partial charge is 0.246 e. The highest BCUT2D eigenvalue weighted by atomic mass is 16.2. The van der Waals surface area contributed by atoms with Gasteiger partial charge in [-0.15, -0.1) is 0 Å². The van der Waals surface area contributed by atoms with Gasteiger partial charge in [-0.05, 0) is 36.3 Å². The first-order chi connectivity index (χ1) is 16.6. The van der Waals surface area contributed by atoms with Gasteiger partial charge in [-0.3, -0.25) is 9.48 Å². The number of aryl methyl sites for hydroxylation is 1. The van der Waals surface area contributed by atoms with Crippen LogP contribution in [0.5, 0.6) is 0 Å². The molecule has 2 atom stereocenters. The third-order valence-corrected chi connectivity index (χ3v) is 6.98. The fraction of sp³-hybridized carbons (Fsp3) is 0.231. The number of aromatic nitrogens is 4. The molecule has 2 aliphatic heterocycles. The number of carbonyl (C=O) groups is 1. The minimum absolute atomic E-state index is 0.0223. The van der Waals surface area contributed by atoms with Crippen molar-refractivity contribution in [1.29, 1.82) is 5.26 Å². The topological polar surface area (TPSA) is 82.5 Å². The zero-order valence-corrected chi connectivity index (χ0v) is 18.8. The van der Waals surface area contributed by atoms with Crippen LogP contribution in [-0.2, 0) is 11.8 Å². The maximum absolute atomic E-state index is 12.1. The molecule has 0 N–H and O–H groups in total. The molecule has 2 aliphatic rings. The highest BCUT2D eigenvalue weighted by Gasteiger charge is 2.44. The third-order valence-electron chi connectivity index (χ3n) is 6.98. The molecule has 4 aromatic rings. The van der Waals surface area contributed by atoms with Crippen molar-refractivity contribution in [3.05, 3.63) is 73.3 Å². The van der Waals surface area contributed by atoms with Crippen molar-refractivity contribution in [2.45, 2.75) is 18.5 Å². The van der Waals surface area contributed by atoms with Gasteiger partial charge in [-0.1, -0.05) is 18.7 Å². The van der Waals surface area contributed by atoms with Gasteiger partial charge in [0.25, 0.3) is 0 Å². The predicted octanol–water partition coefficient (Wildman–Crippen LogP) is 3.25. The molecule has 2 saturated heterocycles. The molecule has 6 rings (SSSR count). The van der Waals surface area contributed by atoms with Gasteiger partial charge in [0, 0.05) is 61.0 Å². The Kier molecular flexibility index (Phi) is 4.52. The van der Waals surface area contributed by atoms with Crippen LogP contribution in [0.4, 0.5) is 5.69 Å². The van der Waals surface area contributed by atoms with Crippen molar-refractivity contribution in [3.8, 4) is 28.3 Å². The van der Waals surface area contributed by atoms with Crippen LogP contribution in [0.15, 0.2) is 67.8 Å². The Hall–Kier alpha value is -4.38. The summed E-state index contributed by atoms with van der Waals surface area (Å²) in [5.74, 6) is 0.0223. The highest BCUT2D eigenvalue weighted by molar-refractivity contribution is 5.89. The van der Waals surface area contributed by atoms with Gasteiger partial charge >= 0.3 is 0 Å². The van der Waals surface area contributed by atoms with Gasteiger partial charge in [0.15, 0.2) is 0 Å². The van der Waals surface area contributed by atoms with Crippen molar-refractivity contribution >= 4 is 17.1 Å². The fourth-order valence-electron chi connectivity index (χ4n) is 5.35. The maximum atomic E-state index is 12.1. The summed E-state index contributed by atoms with van der Waals surface area (Å²) in [5, 5.41) is 18.4. The van der Waals surface area contributed by atoms with Crippen LogP contribution < -0.4 is 4.90 Å². The molecule has 2 fully saturated rings. The van der Waals surface area contributed by atoms with E-state index < -0.39 is 0 Å². The molecule has 3 aromatic heterocycles. The molecule has 168 valence electrons. The summed E-state index contributed by atoms with van der Waals surface area (Å²) in [4.78, 5) is 16.4. The molecule has 0 unspecified atom stereocenters. The first kappa shape index (κ1) is 20.2. The van der Waals surface area contributed by atoms with E-state index in [4.69, 9.17) is 0 Å². The molecule has 2 bridgehead atoms. The third kappa shape index (κ3) is 3.09. The molecule has 1 aromatic carbocycles. The Morgan fingerprint density at radius 3 is 2.56 bits per heavy atom. The summed E-state index contributed by atoms with van der Waals surface area (Å²) < 4.78 is 3.54. The number of pyridine rings is 1. The van der Waals surface area contributed by atoms with Crippen LogP contribution in [0.3, 0.4) is 0 Å². The van der Waals surface area contributed by atoms with Crippen molar-refractivity contribution in [2.24, 2.45) is 7.05 Å². The summed E-state index contributed by atoms with van der Waals surface area (Å²) in [6.07, 6.45) is 9.74. The Morgan fingerprint density at radius 1 is 1.09 bits per heavy atom. The lowest BCUT2D eigenvalue weighted by molar-refractivity contribution is -0.127. The number of likely N-dealkylation sites (tertiary alicyclic amines) is 1. The standard InChI is InChI=1S/C26H23N7O/c1-3-25(34)32-16-22-9-23(32)15-31(22)21-6-4-17(5-7-21)24-8-18(20-12-28-30(2)13-20)14-33-26(24)19(10-27)11-29-33/h3-8,11-14,22-23H,1,9,15-16H2,2H3/t22-,23-/m1/s1. The number of rotatable bonds is 4. The minimum Gasteiger partial charge on any atom is -0.365 e. The second-order valence-corrected chi connectivity index (χ2v) is 8.95. The number of nitriles is 1. The van der Waals surface area contributed by atoms with Crippen LogP contribution in [-0.4, -0.2) is 55.4 Å². The van der Waals surface area contributed by atoms with E-state index in [2.05, 4.69) is 58.1 Å². The lowest BCUT2D eigenvalue weighted by Crippen LogP contribution is -2.48. The number of amides is 1. The lowest BCUT2D eigenvalue weighted by Gasteiger charge is -2.35. The summed E-state index contributed by atoms with van der Waals surface area (Å²) in [6, 6.07) is 13.4. The molecular formula is C26H23N7O. The second-order valence-electron chi connectivity index (χ2n) is 8.95. The van der Waals surface area contributed by atoms with Crippen LogP contribution in [0.1, 0.15) is 12.0 Å². The average Bonchev–Trinajstić information content (AvgIpc) is 3.66. The number of hydrogen-bond donors (Lipinski definition) is 0. The van der Waals surface area contributed by atoms with Crippen molar-refractivity contribution in [1.82, 2.24) is 24.3 Å². The van der Waals surface area contributed by atoms with Gasteiger partial charge in [-0.25, -0.2) is 4.52 Å². The Balaban J connectivity index is 1.36. The SMILES string of the molecule is C=CC(=O)N1C[C@H]2C[C@@H]1CN2c1ccc(-c2cc(-c3cnn(C)c3)cn3ncc(C#N)c23)cc1. The molecule has 0 spiro atoms. The van der Waals surface area contributed by atoms with Crippen molar-refractivity contribution in [3.63, 3.8) is 0 Å². The second kappa shape index (κ2) is 7.59. The quantitative estimate of drug-likeness (QED) is 0.447. The van der Waals surface area contributed by atoms with E-state index in [9.17, 15) is 10.1 Å². The fourth-order valence-corrected chi connectivity index (χ4v) is 5.35. The van der Waals surface area contributed by atoms with E-state index in [1.54, 1.807) is 15.4 Å². The molecule has 8 nitrogen and oxygen atoms in total. The van der Waals surface area contributed by atoms with Gasteiger partial charge < -0.3 is 9.80 Å². The number of fused-ring (bicyclic) bond motifs is 3. The van der Waals surface area contributed by atoms with E-state index >= 15 is 0 Å². The Morgan fingerprint density at radius 2 is 1.91 bits per heavy atom. The number of benzene rings is 1. The van der Waals surface area contributed by atoms with Gasteiger partial charge in [-0.2, -0.15) is 15.5 Å². The molecule has 0 radical (unpaired) electrons. The normalized spacial score (nSPS) is 19.1. The summed E-state index contributed by atoms with van der Waals surface area (Å²) >= 11 is 0. The number of anilines is 1. The first-order valence-electron chi connectivity index (χ1n) is 11.3. The number of nitrogens with zero attached hydrogens (tertiary/aromatic N) is 7. The molecule has 8 heteroatoms. The first-order valence-corrected chi connectivity index (χ1v) is 11.3. The van der Waals surface area contributed by atoms with Crippen LogP contribution in [0, 0.1) is 11.3 Å². The Labute approximate surface area is 196 Å². The van der Waals surface area contributed by atoms with Crippen molar-refractivity contribution in [2.75, 3.05) is 18.0 Å². The van der Waals surface area contributed by atoms with E-state index in [0.29, 0.717) is 11.6 Å². The number of hydrogen-bond acceptors (Lipinski definition) is 5. The lowest BCUT2D eigenvalue weighted by atomic mass is 9.99. The molecule has 34 heavy (non-hydrogen) atoms. The molecule has 0 aliphatic carbocycles. The minimum atomic E-state index is 0.0223. The van der Waals surface area contributed by atoms with Gasteiger partial charge in [0.05, 0.1) is 29.5 Å². The number of piperazine rings is 1. The summed E-state index contributed by atoms with van der Waals surface area (Å²) in [6.45, 7) is 5.21. The monoisotopic (exact) mass is 449 g/mol. The predicted molar refractivity (Wildman–Crippen MR) is 129 cm³/mol. The van der Waals surface area contributed by atoms with E-state index in [-0.39, 0.29) is 11.9 Å². The van der Waals surface area contributed by atoms with E-state index in [0.717, 1.165) is 53.0 Å². The number of carbonyl (C=O) groups excluding carboxylic acids is 1.